The van der Waals surface area contributed by atoms with E-state index in [0.29, 0.717) is 0 Å². The second-order valence-corrected chi connectivity index (χ2v) is 42.3. The normalized spacial score (nSPS) is 10.7. The number of rotatable bonds is 12. The Morgan fingerprint density at radius 2 is 0.417 bits per heavy atom. The van der Waals surface area contributed by atoms with E-state index in [1.165, 1.54) is 49.2 Å². The van der Waals surface area contributed by atoms with Crippen LogP contribution in [0.5, 0.6) is 0 Å². The van der Waals surface area contributed by atoms with Crippen molar-refractivity contribution in [1.82, 2.24) is 0 Å². The quantitative estimate of drug-likeness (QED) is 0.136. The molecule has 0 bridgehead atoms. The zero-order valence-electron chi connectivity index (χ0n) is 36.7. The van der Waals surface area contributed by atoms with Gasteiger partial charge in [0.15, 0.2) is 0 Å². The van der Waals surface area contributed by atoms with Crippen LogP contribution in [0.4, 0.5) is 0 Å². The zero-order chi connectivity index (χ0) is 41.0. The summed E-state index contributed by atoms with van der Waals surface area (Å²) in [6.45, 7) is 26.7. The molecular formula is C49H63Cl3OP3RhSi3. The van der Waals surface area contributed by atoms with Gasteiger partial charge in [0.05, 0.1) is 0 Å². The van der Waals surface area contributed by atoms with E-state index in [1.54, 1.807) is 0 Å². The summed E-state index contributed by atoms with van der Waals surface area (Å²) in [6, 6.07) is 66.1. The van der Waals surface area contributed by atoms with Crippen molar-refractivity contribution >= 4 is 86.6 Å². The average molecular weight is 1050 g/mol. The third-order valence-electron chi connectivity index (χ3n) is 8.30. The minimum atomic E-state index is -1.06. The van der Waals surface area contributed by atoms with Crippen LogP contribution >= 0.6 is 23.8 Å². The van der Waals surface area contributed by atoms with E-state index in [4.69, 9.17) is 4.79 Å². The maximum Gasteiger partial charge on any atom is 3.00 e. The monoisotopic (exact) mass is 1050 g/mol. The topological polar surface area (TPSA) is 17.1 Å². The summed E-state index contributed by atoms with van der Waals surface area (Å²) in [4.78, 5) is 7.50. The van der Waals surface area contributed by atoms with E-state index >= 15 is 0 Å². The van der Waals surface area contributed by atoms with Gasteiger partial charge < -0.3 is 37.2 Å². The molecule has 6 aromatic rings. The van der Waals surface area contributed by atoms with Gasteiger partial charge in [-0.3, -0.25) is 4.79 Å². The SMILES string of the molecule is C[Si](C)(C)CP(c1ccccc1)c1ccccc1.C[Si](C)(C)CP(c1ccccc1)c1ccccc1.C[Si](C)(C)CP(c1ccccc1)c1ccccc1.[C]=O.[Cl-].[Cl-].[Cl-].[Rh+3]. The van der Waals surface area contributed by atoms with Gasteiger partial charge in [0, 0.05) is 24.2 Å². The molecule has 322 valence electrons. The Morgan fingerprint density at radius 1 is 0.300 bits per heavy atom. The fraction of sp³-hybridized carbons (Fsp3) is 0.245. The fourth-order valence-electron chi connectivity index (χ4n) is 6.07. The molecule has 0 saturated heterocycles. The molecule has 0 amide bonds. The van der Waals surface area contributed by atoms with Gasteiger partial charge in [0.2, 0.25) is 0 Å². The van der Waals surface area contributed by atoms with E-state index < -0.39 is 24.2 Å². The minimum absolute atomic E-state index is 0. The number of hydrogen-bond acceptors (Lipinski definition) is 1. The molecule has 0 aliphatic heterocycles. The first kappa shape index (κ1) is 60.5. The van der Waals surface area contributed by atoms with Crippen LogP contribution in [0.3, 0.4) is 0 Å². The molecule has 0 unspecified atom stereocenters. The molecule has 0 aliphatic rings. The Kier molecular flexibility index (Phi) is 31.6. The van der Waals surface area contributed by atoms with E-state index in [2.05, 4.69) is 248 Å². The molecule has 1 nitrogen and oxygen atoms in total. The van der Waals surface area contributed by atoms with Crippen molar-refractivity contribution in [2.24, 2.45) is 0 Å². The van der Waals surface area contributed by atoms with Gasteiger partial charge in [-0.2, -0.15) is 0 Å². The molecule has 0 heterocycles. The predicted molar refractivity (Wildman–Crippen MR) is 268 cm³/mol. The average Bonchev–Trinajstić information content (AvgIpc) is 3.20. The van der Waals surface area contributed by atoms with Crippen LogP contribution in [0.2, 0.25) is 58.9 Å². The van der Waals surface area contributed by atoms with Crippen molar-refractivity contribution in [2.45, 2.75) is 58.9 Å². The van der Waals surface area contributed by atoms with Gasteiger partial charge >= 0.3 is 19.5 Å². The number of benzene rings is 6. The smallest absolute Gasteiger partial charge is 1.00 e. The third-order valence-corrected chi connectivity index (χ3v) is 29.0. The van der Waals surface area contributed by atoms with Crippen LogP contribution in [-0.2, 0) is 24.3 Å². The Labute approximate surface area is 403 Å². The molecule has 11 heteroatoms. The number of carbonyl (C=O) groups excluding carboxylic acids is 1. The first-order chi connectivity index (χ1) is 26.7. The molecule has 0 aromatic heterocycles. The second kappa shape index (κ2) is 31.3. The van der Waals surface area contributed by atoms with E-state index in [1.807, 2.05) is 0 Å². The summed E-state index contributed by atoms with van der Waals surface area (Å²) in [5, 5.41) is 9.09. The van der Waals surface area contributed by atoms with E-state index in [0.717, 1.165) is 0 Å². The van der Waals surface area contributed by atoms with Crippen LogP contribution in [0.15, 0.2) is 182 Å². The summed E-state index contributed by atoms with van der Waals surface area (Å²) in [5.74, 6) is 4.11. The zero-order valence-corrected chi connectivity index (χ0v) is 46.2. The van der Waals surface area contributed by atoms with Gasteiger partial charge in [0.1, 0.15) is 0 Å². The second-order valence-electron chi connectivity index (χ2n) is 17.5. The van der Waals surface area contributed by atoms with Crippen LogP contribution in [0.1, 0.15) is 0 Å². The van der Waals surface area contributed by atoms with E-state index in [-0.39, 0.29) is 80.5 Å². The van der Waals surface area contributed by atoms with Crippen LogP contribution in [0, 0.1) is 0 Å². The van der Waals surface area contributed by atoms with Crippen LogP contribution in [-0.4, -0.2) is 48.4 Å². The molecule has 0 N–H and O–H groups in total. The maximum atomic E-state index is 7.50. The van der Waals surface area contributed by atoms with Crippen molar-refractivity contribution in [3.63, 3.8) is 0 Å². The Morgan fingerprint density at radius 3 is 0.517 bits per heavy atom. The molecule has 2 radical (unpaired) electrons. The van der Waals surface area contributed by atoms with Crippen molar-refractivity contribution in [1.29, 1.82) is 0 Å². The van der Waals surface area contributed by atoms with E-state index in [9.17, 15) is 0 Å². The standard InChI is InChI=1S/3C16H21PSi.CO.3ClH.Rh/c3*1-18(2,3)14-17(15-10-6-4-7-11-15)16-12-8-5-9-13-16;1-2;;;;/h3*4-13H,14H2,1-3H3;;3*1H;/q;;;;;;;+3/p-3. The Bertz CT molecular complexity index is 1580. The van der Waals surface area contributed by atoms with Gasteiger partial charge in [-0.1, -0.05) is 241 Å². The molecule has 0 spiro atoms. The maximum absolute atomic E-state index is 7.50. The number of halogens is 3. The van der Waals surface area contributed by atoms with Crippen molar-refractivity contribution in [3.8, 4) is 0 Å². The van der Waals surface area contributed by atoms with Crippen LogP contribution in [0.25, 0.3) is 0 Å². The molecule has 0 atom stereocenters. The van der Waals surface area contributed by atoms with Crippen molar-refractivity contribution in [3.05, 3.63) is 182 Å². The molecule has 60 heavy (non-hydrogen) atoms. The summed E-state index contributed by atoms with van der Waals surface area (Å²) < 4.78 is 0. The van der Waals surface area contributed by atoms with Gasteiger partial charge in [-0.05, 0) is 72.9 Å². The first-order valence-corrected chi connectivity index (χ1v) is 35.2. The fourth-order valence-corrected chi connectivity index (χ4v) is 25.9. The third kappa shape index (κ3) is 23.8. The first-order valence-electron chi connectivity index (χ1n) is 19.5. The molecule has 0 fully saturated rings. The summed E-state index contributed by atoms with van der Waals surface area (Å²) in [5.41, 5.74) is 0. The van der Waals surface area contributed by atoms with Gasteiger partial charge in [0.25, 0.3) is 6.79 Å². The minimum Gasteiger partial charge on any atom is -1.00 e. The van der Waals surface area contributed by atoms with Crippen molar-refractivity contribution < 1.29 is 61.5 Å². The van der Waals surface area contributed by atoms with Crippen LogP contribution < -0.4 is 69.0 Å². The molecular weight excluding hydrogens is 991 g/mol. The van der Waals surface area contributed by atoms with Crippen molar-refractivity contribution in [2.75, 3.05) is 17.4 Å². The summed E-state index contributed by atoms with van der Waals surface area (Å²) >= 11 is 0. The molecule has 6 rings (SSSR count). The Hall–Kier alpha value is -1.58. The molecule has 6 aromatic carbocycles. The largest absolute Gasteiger partial charge is 3.00 e. The predicted octanol–water partition coefficient (Wildman–Crippen LogP) is 2.60. The molecule has 0 aliphatic carbocycles. The summed E-state index contributed by atoms with van der Waals surface area (Å²) in [7, 11) is -3.70. The number of hydrogen-bond donors (Lipinski definition) is 0. The Balaban J connectivity index is 0. The summed E-state index contributed by atoms with van der Waals surface area (Å²) in [6.07, 6.45) is 0. The van der Waals surface area contributed by atoms with Gasteiger partial charge in [-0.25, -0.2) is 0 Å². The van der Waals surface area contributed by atoms with Gasteiger partial charge in [-0.15, -0.1) is 0 Å². The molecule has 0 saturated carbocycles.